The van der Waals surface area contributed by atoms with Crippen LogP contribution >= 0.6 is 0 Å². The lowest BCUT2D eigenvalue weighted by molar-refractivity contribution is 0.0731. The van der Waals surface area contributed by atoms with Gasteiger partial charge < -0.3 is 14.9 Å². The summed E-state index contributed by atoms with van der Waals surface area (Å²) in [4.78, 5) is 13.4. The molecule has 0 saturated carbocycles. The summed E-state index contributed by atoms with van der Waals surface area (Å²) >= 11 is 0. The fourth-order valence-electron chi connectivity index (χ4n) is 2.51. The number of benzene rings is 3. The van der Waals surface area contributed by atoms with Gasteiger partial charge in [-0.3, -0.25) is 0 Å². The highest BCUT2D eigenvalue weighted by molar-refractivity contribution is 5.93. The minimum absolute atomic E-state index is 0.0380. The molecule has 1 aromatic heterocycles. The lowest BCUT2D eigenvalue weighted by Crippen LogP contribution is -2.09. The number of carbonyl (C=O) groups excluding carboxylic acids is 1. The van der Waals surface area contributed by atoms with Crippen LogP contribution in [0.4, 0.5) is 0 Å². The molecule has 128 valence electrons. The molecule has 3 aromatic carbocycles. The highest BCUT2D eigenvalue weighted by Crippen LogP contribution is 2.28. The molecule has 7 heteroatoms. The van der Waals surface area contributed by atoms with Gasteiger partial charge in [-0.1, -0.05) is 24.3 Å². The van der Waals surface area contributed by atoms with Crippen molar-refractivity contribution >= 4 is 17.0 Å². The number of rotatable bonds is 3. The van der Waals surface area contributed by atoms with E-state index in [1.54, 1.807) is 18.2 Å². The van der Waals surface area contributed by atoms with E-state index in [-0.39, 0.29) is 22.8 Å². The van der Waals surface area contributed by atoms with Crippen LogP contribution in [0.1, 0.15) is 10.4 Å². The summed E-state index contributed by atoms with van der Waals surface area (Å²) < 4.78 is 5.20. The Hall–Kier alpha value is -3.87. The zero-order valence-corrected chi connectivity index (χ0v) is 13.4. The average Bonchev–Trinajstić information content (AvgIpc) is 3.06. The Balaban J connectivity index is 1.62. The number of aromatic hydroxyl groups is 2. The zero-order valence-electron chi connectivity index (χ0n) is 13.4. The lowest BCUT2D eigenvalue weighted by atomic mass is 10.2. The van der Waals surface area contributed by atoms with E-state index in [9.17, 15) is 15.0 Å². The van der Waals surface area contributed by atoms with E-state index in [0.717, 1.165) is 0 Å². The molecule has 1 heterocycles. The number of aromatic nitrogens is 3. The zero-order chi connectivity index (χ0) is 18.1. The van der Waals surface area contributed by atoms with E-state index in [4.69, 9.17) is 4.74 Å². The Morgan fingerprint density at radius 1 is 0.846 bits per heavy atom. The molecule has 4 aromatic rings. The van der Waals surface area contributed by atoms with Gasteiger partial charge in [-0.05, 0) is 36.4 Å². The van der Waals surface area contributed by atoms with Gasteiger partial charge in [0.15, 0.2) is 0 Å². The van der Waals surface area contributed by atoms with Crippen LogP contribution in [0.3, 0.4) is 0 Å². The van der Waals surface area contributed by atoms with Gasteiger partial charge in [-0.2, -0.15) is 0 Å². The van der Waals surface area contributed by atoms with E-state index in [1.165, 1.54) is 29.1 Å². The lowest BCUT2D eigenvalue weighted by Gasteiger charge is -2.08. The van der Waals surface area contributed by atoms with Crippen molar-refractivity contribution in [1.29, 1.82) is 0 Å². The molecule has 0 aliphatic heterocycles. The number of hydrogen-bond acceptors (Lipinski definition) is 6. The van der Waals surface area contributed by atoms with Crippen molar-refractivity contribution in [2.45, 2.75) is 0 Å². The predicted octanol–water partition coefficient (Wildman–Crippen LogP) is 3.05. The SMILES string of the molecule is O=C(Oc1ccc(-n2nc3ccccc3n2)c(O)c1)c1ccccc1O. The first-order valence-corrected chi connectivity index (χ1v) is 7.77. The predicted molar refractivity (Wildman–Crippen MR) is 93.6 cm³/mol. The number of phenols is 2. The molecule has 0 unspecified atom stereocenters. The summed E-state index contributed by atoms with van der Waals surface area (Å²) in [7, 11) is 0. The standard InChI is InChI=1S/C19H13N3O4/c23-17-8-4-1-5-13(17)19(25)26-12-9-10-16(18(24)11-12)22-20-14-6-2-3-7-15(14)21-22/h1-11,23-24H. The van der Waals surface area contributed by atoms with Crippen molar-refractivity contribution in [3.63, 3.8) is 0 Å². The van der Waals surface area contributed by atoms with Gasteiger partial charge in [0, 0.05) is 6.07 Å². The van der Waals surface area contributed by atoms with Crippen LogP contribution in [-0.2, 0) is 0 Å². The molecule has 0 fully saturated rings. The molecule has 0 atom stereocenters. The van der Waals surface area contributed by atoms with Crippen LogP contribution in [0.5, 0.6) is 17.2 Å². The Kier molecular flexibility index (Phi) is 3.74. The minimum Gasteiger partial charge on any atom is -0.507 e. The molecule has 2 N–H and O–H groups in total. The molecule has 0 aliphatic rings. The van der Waals surface area contributed by atoms with Gasteiger partial charge >= 0.3 is 5.97 Å². The van der Waals surface area contributed by atoms with Crippen LogP contribution in [0.2, 0.25) is 0 Å². The highest BCUT2D eigenvalue weighted by atomic mass is 16.5. The van der Waals surface area contributed by atoms with Crippen molar-refractivity contribution in [3.8, 4) is 22.9 Å². The van der Waals surface area contributed by atoms with Crippen molar-refractivity contribution in [3.05, 3.63) is 72.3 Å². The van der Waals surface area contributed by atoms with E-state index in [2.05, 4.69) is 10.2 Å². The third-order valence-corrected chi connectivity index (χ3v) is 3.78. The normalized spacial score (nSPS) is 10.8. The maximum atomic E-state index is 12.1. The smallest absolute Gasteiger partial charge is 0.347 e. The van der Waals surface area contributed by atoms with Gasteiger partial charge in [0.2, 0.25) is 0 Å². The first-order chi connectivity index (χ1) is 12.6. The van der Waals surface area contributed by atoms with Crippen LogP contribution in [-0.4, -0.2) is 31.2 Å². The molecule has 0 aliphatic carbocycles. The molecular weight excluding hydrogens is 334 g/mol. The third kappa shape index (κ3) is 2.82. The summed E-state index contributed by atoms with van der Waals surface area (Å²) in [5, 5.41) is 28.6. The topological polar surface area (TPSA) is 97.5 Å². The third-order valence-electron chi connectivity index (χ3n) is 3.78. The summed E-state index contributed by atoms with van der Waals surface area (Å²) in [6.07, 6.45) is 0. The Labute approximate surface area is 147 Å². The quantitative estimate of drug-likeness (QED) is 0.437. The molecule has 0 spiro atoms. The van der Waals surface area contributed by atoms with E-state index in [0.29, 0.717) is 16.7 Å². The second-order valence-corrected chi connectivity index (χ2v) is 5.54. The first-order valence-electron chi connectivity index (χ1n) is 7.77. The van der Waals surface area contributed by atoms with Gasteiger partial charge in [0.25, 0.3) is 0 Å². The number of ether oxygens (including phenoxy) is 1. The summed E-state index contributed by atoms with van der Waals surface area (Å²) in [6, 6.07) is 17.8. The van der Waals surface area contributed by atoms with E-state index < -0.39 is 5.97 Å². The van der Waals surface area contributed by atoms with Crippen LogP contribution in [0.15, 0.2) is 66.7 Å². The molecule has 0 radical (unpaired) electrons. The number of esters is 1. The molecule has 0 saturated heterocycles. The van der Waals surface area contributed by atoms with Crippen LogP contribution in [0, 0.1) is 0 Å². The maximum absolute atomic E-state index is 12.1. The summed E-state index contributed by atoms with van der Waals surface area (Å²) in [6.45, 7) is 0. The molecule has 7 nitrogen and oxygen atoms in total. The van der Waals surface area contributed by atoms with Gasteiger partial charge in [-0.15, -0.1) is 15.0 Å². The van der Waals surface area contributed by atoms with E-state index in [1.807, 2.05) is 24.3 Å². The van der Waals surface area contributed by atoms with Crippen molar-refractivity contribution in [1.82, 2.24) is 15.0 Å². The van der Waals surface area contributed by atoms with Crippen LogP contribution in [0.25, 0.3) is 16.7 Å². The highest BCUT2D eigenvalue weighted by Gasteiger charge is 2.15. The number of para-hydroxylation sites is 1. The molecule has 4 rings (SSSR count). The minimum atomic E-state index is -0.724. The fourth-order valence-corrected chi connectivity index (χ4v) is 2.51. The number of phenolic OH excluding ortho intramolecular Hbond substituents is 2. The van der Waals surface area contributed by atoms with Crippen molar-refractivity contribution in [2.75, 3.05) is 0 Å². The molecular formula is C19H13N3O4. The molecule has 0 bridgehead atoms. The Morgan fingerprint density at radius 2 is 1.50 bits per heavy atom. The number of hydrogen-bond donors (Lipinski definition) is 2. The van der Waals surface area contributed by atoms with Gasteiger partial charge in [0.05, 0.1) is 0 Å². The fraction of sp³-hybridized carbons (Fsp3) is 0. The second kappa shape index (κ2) is 6.21. The summed E-state index contributed by atoms with van der Waals surface area (Å²) in [5.74, 6) is -0.909. The van der Waals surface area contributed by atoms with Crippen molar-refractivity contribution < 1.29 is 19.7 Å². The average molecular weight is 347 g/mol. The molecule has 0 amide bonds. The maximum Gasteiger partial charge on any atom is 0.347 e. The summed E-state index contributed by atoms with van der Waals surface area (Å²) in [5.41, 5.74) is 1.78. The number of fused-ring (bicyclic) bond motifs is 1. The first kappa shape index (κ1) is 15.6. The van der Waals surface area contributed by atoms with E-state index >= 15 is 0 Å². The number of nitrogens with zero attached hydrogens (tertiary/aromatic N) is 3. The second-order valence-electron chi connectivity index (χ2n) is 5.54. The van der Waals surface area contributed by atoms with Crippen LogP contribution < -0.4 is 4.74 Å². The number of carbonyl (C=O) groups is 1. The monoisotopic (exact) mass is 347 g/mol. The Morgan fingerprint density at radius 3 is 2.15 bits per heavy atom. The van der Waals surface area contributed by atoms with Gasteiger partial charge in [-0.25, -0.2) is 4.79 Å². The largest absolute Gasteiger partial charge is 0.507 e. The van der Waals surface area contributed by atoms with Crippen molar-refractivity contribution in [2.24, 2.45) is 0 Å². The van der Waals surface area contributed by atoms with Gasteiger partial charge in [0.1, 0.15) is 39.5 Å². The molecule has 26 heavy (non-hydrogen) atoms. The Bertz CT molecular complexity index is 1090.